The summed E-state index contributed by atoms with van der Waals surface area (Å²) in [7, 11) is 0. The lowest BCUT2D eigenvalue weighted by Crippen LogP contribution is -2.41. The minimum Gasteiger partial charge on any atom is -0.462 e. The van der Waals surface area contributed by atoms with Crippen molar-refractivity contribution in [2.75, 3.05) is 25.0 Å². The molecule has 0 radical (unpaired) electrons. The number of carbonyl (C=O) groups is 3. The van der Waals surface area contributed by atoms with Crippen LogP contribution in [0.3, 0.4) is 0 Å². The Hall–Kier alpha value is -2.86. The van der Waals surface area contributed by atoms with Crippen molar-refractivity contribution >= 4 is 35.1 Å². The van der Waals surface area contributed by atoms with Gasteiger partial charge in [-0.2, -0.15) is 0 Å². The van der Waals surface area contributed by atoms with Gasteiger partial charge in [0, 0.05) is 19.0 Å². The highest BCUT2D eigenvalue weighted by molar-refractivity contribution is 6.33. The molecule has 6 nitrogen and oxygen atoms in total. The molecule has 152 valence electrons. The van der Waals surface area contributed by atoms with Gasteiger partial charge >= 0.3 is 5.97 Å². The van der Waals surface area contributed by atoms with Crippen LogP contribution >= 0.6 is 11.6 Å². The summed E-state index contributed by atoms with van der Waals surface area (Å²) in [5, 5.41) is 3.26. The second-order valence-corrected chi connectivity index (χ2v) is 7.21. The monoisotopic (exact) mass is 414 g/mol. The molecule has 0 atom stereocenters. The van der Waals surface area contributed by atoms with E-state index in [2.05, 4.69) is 5.32 Å². The number of hydrogen-bond donors (Lipinski definition) is 1. The van der Waals surface area contributed by atoms with Crippen LogP contribution in [0.5, 0.6) is 0 Å². The Kier molecular flexibility index (Phi) is 6.88. The first-order valence-corrected chi connectivity index (χ1v) is 10.00. The summed E-state index contributed by atoms with van der Waals surface area (Å²) < 4.78 is 5.04. The highest BCUT2D eigenvalue weighted by Gasteiger charge is 2.29. The van der Waals surface area contributed by atoms with Crippen molar-refractivity contribution in [1.29, 1.82) is 0 Å². The molecule has 29 heavy (non-hydrogen) atoms. The maximum Gasteiger partial charge on any atom is 0.340 e. The number of nitrogens with zero attached hydrogens (tertiary/aromatic N) is 1. The first-order valence-electron chi connectivity index (χ1n) is 9.62. The molecule has 1 N–H and O–H groups in total. The molecular formula is C22H23ClN2O4. The van der Waals surface area contributed by atoms with E-state index in [1.165, 1.54) is 0 Å². The molecule has 0 saturated carbocycles. The van der Waals surface area contributed by atoms with Crippen LogP contribution in [-0.2, 0) is 9.53 Å². The van der Waals surface area contributed by atoms with Gasteiger partial charge in [0.2, 0.25) is 5.91 Å². The first-order chi connectivity index (χ1) is 14.0. The van der Waals surface area contributed by atoms with Gasteiger partial charge in [0.25, 0.3) is 5.91 Å². The van der Waals surface area contributed by atoms with Gasteiger partial charge in [-0.1, -0.05) is 35.9 Å². The van der Waals surface area contributed by atoms with Gasteiger partial charge in [0.05, 0.1) is 28.4 Å². The van der Waals surface area contributed by atoms with Crippen molar-refractivity contribution in [3.63, 3.8) is 0 Å². The highest BCUT2D eigenvalue weighted by atomic mass is 35.5. The molecule has 0 aromatic heterocycles. The van der Waals surface area contributed by atoms with Crippen LogP contribution in [0, 0.1) is 5.92 Å². The van der Waals surface area contributed by atoms with Crippen molar-refractivity contribution in [3.05, 3.63) is 64.7 Å². The third-order valence-electron chi connectivity index (χ3n) is 4.94. The number of ether oxygens (including phenoxy) is 1. The van der Waals surface area contributed by atoms with Gasteiger partial charge in [-0.25, -0.2) is 4.79 Å². The van der Waals surface area contributed by atoms with Crippen molar-refractivity contribution < 1.29 is 19.1 Å². The Morgan fingerprint density at radius 1 is 1.03 bits per heavy atom. The fourth-order valence-electron chi connectivity index (χ4n) is 3.36. The number of likely N-dealkylation sites (tertiary alicyclic amines) is 1. The molecule has 0 spiro atoms. The second-order valence-electron chi connectivity index (χ2n) is 6.80. The Morgan fingerprint density at radius 2 is 1.66 bits per heavy atom. The first kappa shape index (κ1) is 20.9. The molecule has 2 aromatic carbocycles. The molecule has 0 bridgehead atoms. The van der Waals surface area contributed by atoms with Crippen LogP contribution < -0.4 is 5.32 Å². The van der Waals surface area contributed by atoms with E-state index in [0.29, 0.717) is 47.8 Å². The van der Waals surface area contributed by atoms with E-state index in [0.717, 1.165) is 0 Å². The van der Waals surface area contributed by atoms with E-state index in [1.807, 2.05) is 0 Å². The lowest BCUT2D eigenvalue weighted by Gasteiger charge is -2.31. The van der Waals surface area contributed by atoms with Gasteiger partial charge in [-0.05, 0) is 44.0 Å². The molecule has 1 aliphatic rings. The number of rotatable bonds is 5. The predicted octanol–water partition coefficient (Wildman–Crippen LogP) is 4.01. The third-order valence-corrected chi connectivity index (χ3v) is 5.27. The minimum atomic E-state index is -0.469. The minimum absolute atomic E-state index is 0.123. The van der Waals surface area contributed by atoms with E-state index in [1.54, 1.807) is 60.4 Å². The molecule has 1 aliphatic heterocycles. The number of hydrogen-bond acceptors (Lipinski definition) is 4. The summed E-state index contributed by atoms with van der Waals surface area (Å²) in [5.74, 6) is -0.988. The van der Waals surface area contributed by atoms with Crippen LogP contribution in [0.2, 0.25) is 5.02 Å². The number of esters is 1. The van der Waals surface area contributed by atoms with Crippen LogP contribution in [-0.4, -0.2) is 42.4 Å². The Bertz CT molecular complexity index is 907. The van der Waals surface area contributed by atoms with Gasteiger partial charge in [0.1, 0.15) is 0 Å². The lowest BCUT2D eigenvalue weighted by atomic mass is 9.95. The number of benzene rings is 2. The summed E-state index contributed by atoms with van der Waals surface area (Å²) in [6.45, 7) is 2.94. The molecule has 2 amide bonds. The third kappa shape index (κ3) is 4.95. The number of para-hydroxylation sites is 1. The number of anilines is 1. The predicted molar refractivity (Wildman–Crippen MR) is 111 cm³/mol. The molecular weight excluding hydrogens is 392 g/mol. The van der Waals surface area contributed by atoms with Crippen LogP contribution in [0.1, 0.15) is 40.5 Å². The van der Waals surface area contributed by atoms with Gasteiger partial charge in [0.15, 0.2) is 0 Å². The zero-order valence-corrected chi connectivity index (χ0v) is 16.9. The van der Waals surface area contributed by atoms with Gasteiger partial charge < -0.3 is 15.0 Å². The number of nitrogens with one attached hydrogen (secondary N) is 1. The zero-order chi connectivity index (χ0) is 20.8. The average molecular weight is 415 g/mol. The SMILES string of the molecule is CCOC(=O)c1ccccc1NC(=O)C1CCN(C(=O)c2ccccc2Cl)CC1. The van der Waals surface area contributed by atoms with Crippen molar-refractivity contribution in [1.82, 2.24) is 4.90 Å². The molecule has 1 saturated heterocycles. The van der Waals surface area contributed by atoms with Crippen LogP contribution in [0.25, 0.3) is 0 Å². The number of piperidine rings is 1. The van der Waals surface area contributed by atoms with Crippen molar-refractivity contribution in [2.45, 2.75) is 19.8 Å². The van der Waals surface area contributed by atoms with E-state index in [4.69, 9.17) is 16.3 Å². The molecule has 7 heteroatoms. The molecule has 1 heterocycles. The number of halogens is 1. The molecule has 2 aromatic rings. The maximum absolute atomic E-state index is 12.7. The quantitative estimate of drug-likeness (QED) is 0.750. The topological polar surface area (TPSA) is 75.7 Å². The summed E-state index contributed by atoms with van der Waals surface area (Å²) in [5.41, 5.74) is 1.24. The van der Waals surface area contributed by atoms with E-state index in [-0.39, 0.29) is 24.3 Å². The standard InChI is InChI=1S/C22H23ClN2O4/c1-2-29-22(28)17-8-4-6-10-19(17)24-20(26)15-11-13-25(14-12-15)21(27)16-7-3-5-9-18(16)23/h3-10,15H,2,11-14H2,1H3,(H,24,26). The molecule has 1 fully saturated rings. The van der Waals surface area contributed by atoms with Gasteiger partial charge in [-0.15, -0.1) is 0 Å². The summed E-state index contributed by atoms with van der Waals surface area (Å²) in [6.07, 6.45) is 1.09. The highest BCUT2D eigenvalue weighted by Crippen LogP contribution is 2.24. The Morgan fingerprint density at radius 3 is 2.31 bits per heavy atom. The molecule has 0 unspecified atom stereocenters. The summed E-state index contributed by atoms with van der Waals surface area (Å²) in [6, 6.07) is 13.7. The van der Waals surface area contributed by atoms with E-state index >= 15 is 0 Å². The average Bonchev–Trinajstić information content (AvgIpc) is 2.74. The number of carbonyl (C=O) groups excluding carboxylic acids is 3. The zero-order valence-electron chi connectivity index (χ0n) is 16.2. The smallest absolute Gasteiger partial charge is 0.340 e. The molecule has 3 rings (SSSR count). The number of amides is 2. The van der Waals surface area contributed by atoms with E-state index < -0.39 is 5.97 Å². The maximum atomic E-state index is 12.7. The van der Waals surface area contributed by atoms with E-state index in [9.17, 15) is 14.4 Å². The largest absolute Gasteiger partial charge is 0.462 e. The van der Waals surface area contributed by atoms with Crippen LogP contribution in [0.4, 0.5) is 5.69 Å². The summed E-state index contributed by atoms with van der Waals surface area (Å²) >= 11 is 6.12. The van der Waals surface area contributed by atoms with Crippen molar-refractivity contribution in [2.24, 2.45) is 5.92 Å². The Balaban J connectivity index is 1.61. The van der Waals surface area contributed by atoms with Gasteiger partial charge in [-0.3, -0.25) is 9.59 Å². The fraction of sp³-hybridized carbons (Fsp3) is 0.318. The summed E-state index contributed by atoms with van der Waals surface area (Å²) in [4.78, 5) is 39.2. The van der Waals surface area contributed by atoms with Crippen LogP contribution in [0.15, 0.2) is 48.5 Å². The fourth-order valence-corrected chi connectivity index (χ4v) is 3.58. The lowest BCUT2D eigenvalue weighted by molar-refractivity contribution is -0.121. The Labute approximate surface area is 174 Å². The second kappa shape index (κ2) is 9.56. The van der Waals surface area contributed by atoms with Crippen molar-refractivity contribution in [3.8, 4) is 0 Å². The molecule has 0 aliphatic carbocycles. The normalized spacial score (nSPS) is 14.3.